The van der Waals surface area contributed by atoms with Crippen LogP contribution in [0.4, 0.5) is 0 Å². The Hall–Kier alpha value is -0.100. The van der Waals surface area contributed by atoms with Crippen LogP contribution in [0.1, 0.15) is 20.7 Å². The van der Waals surface area contributed by atoms with Crippen molar-refractivity contribution in [3.05, 3.63) is 30.1 Å². The second-order valence-electron chi connectivity index (χ2n) is 2.79. The van der Waals surface area contributed by atoms with Crippen LogP contribution in [0.5, 0.6) is 0 Å². The average Bonchev–Trinajstić information content (AvgIpc) is 2.47. The van der Waals surface area contributed by atoms with Crippen LogP contribution in [-0.2, 0) is 0 Å². The van der Waals surface area contributed by atoms with E-state index in [4.69, 9.17) is 23.2 Å². The second kappa shape index (κ2) is 3.73. The van der Waals surface area contributed by atoms with Gasteiger partial charge in [0, 0.05) is 0 Å². The highest BCUT2D eigenvalue weighted by molar-refractivity contribution is 9.11. The number of carbonyl (C=O) groups is 2. The van der Waals surface area contributed by atoms with Crippen LogP contribution in [0, 0.1) is 0 Å². The van der Waals surface area contributed by atoms with Crippen molar-refractivity contribution >= 4 is 66.9 Å². The first-order valence-corrected chi connectivity index (χ1v) is 6.01. The standard InChI is InChI=1S/C8HBr2Cl2NO2/c9-3-1-2(8(15)13-7(1)14)4(10)6(12)5(3)11/h(H,13,14,15). The predicted octanol–water partition coefficient (Wildman–Crippen LogP) is 3.40. The van der Waals surface area contributed by atoms with Gasteiger partial charge in [-0.15, -0.1) is 0 Å². The van der Waals surface area contributed by atoms with Crippen molar-refractivity contribution in [3.63, 3.8) is 0 Å². The van der Waals surface area contributed by atoms with E-state index in [1.807, 2.05) is 0 Å². The van der Waals surface area contributed by atoms with E-state index in [9.17, 15) is 9.59 Å². The Labute approximate surface area is 111 Å². The Bertz CT molecular complexity index is 471. The zero-order valence-electron chi connectivity index (χ0n) is 6.83. The normalized spacial score (nSPS) is 14.1. The topological polar surface area (TPSA) is 46.2 Å². The van der Waals surface area contributed by atoms with Gasteiger partial charge in [-0.3, -0.25) is 14.9 Å². The number of benzene rings is 1. The van der Waals surface area contributed by atoms with E-state index in [1.54, 1.807) is 0 Å². The molecule has 0 saturated carbocycles. The summed E-state index contributed by atoms with van der Waals surface area (Å²) in [5.41, 5.74) is 0.419. The number of imide groups is 1. The van der Waals surface area contributed by atoms with Crippen molar-refractivity contribution in [2.45, 2.75) is 0 Å². The van der Waals surface area contributed by atoms with Gasteiger partial charge in [0.05, 0.1) is 30.1 Å². The summed E-state index contributed by atoms with van der Waals surface area (Å²) in [6, 6.07) is 0. The molecule has 1 heterocycles. The van der Waals surface area contributed by atoms with Crippen LogP contribution >= 0.6 is 55.1 Å². The monoisotopic (exact) mass is 371 g/mol. The Morgan fingerprint density at radius 1 is 0.867 bits per heavy atom. The lowest BCUT2D eigenvalue weighted by Crippen LogP contribution is -2.20. The van der Waals surface area contributed by atoms with Gasteiger partial charge in [-0.25, -0.2) is 0 Å². The van der Waals surface area contributed by atoms with Crippen LogP contribution in [0.25, 0.3) is 0 Å². The molecule has 1 aromatic rings. The van der Waals surface area contributed by atoms with Crippen LogP contribution in [-0.4, -0.2) is 11.8 Å². The predicted molar refractivity (Wildman–Crippen MR) is 63.7 cm³/mol. The van der Waals surface area contributed by atoms with Crippen LogP contribution in [0.15, 0.2) is 8.95 Å². The number of amides is 2. The molecule has 0 radical (unpaired) electrons. The number of hydrogen-bond donors (Lipinski definition) is 1. The van der Waals surface area contributed by atoms with Crippen molar-refractivity contribution in [2.24, 2.45) is 0 Å². The third-order valence-corrected chi connectivity index (χ3v) is 4.84. The van der Waals surface area contributed by atoms with E-state index in [0.717, 1.165) is 0 Å². The summed E-state index contributed by atoms with van der Waals surface area (Å²) in [7, 11) is 0. The molecule has 1 aromatic carbocycles. The van der Waals surface area contributed by atoms with Gasteiger partial charge in [0.25, 0.3) is 11.8 Å². The number of rotatable bonds is 0. The minimum atomic E-state index is -0.485. The molecule has 0 saturated heterocycles. The first kappa shape index (κ1) is 11.4. The maximum Gasteiger partial charge on any atom is 0.260 e. The van der Waals surface area contributed by atoms with Crippen molar-refractivity contribution in [1.82, 2.24) is 5.32 Å². The van der Waals surface area contributed by atoms with Crippen molar-refractivity contribution in [2.75, 3.05) is 0 Å². The molecule has 15 heavy (non-hydrogen) atoms. The SMILES string of the molecule is O=C1NC(=O)c2c(Br)c(Cl)c(Cl)c(Br)c21. The zero-order valence-corrected chi connectivity index (χ0v) is 11.5. The maximum absolute atomic E-state index is 11.4. The lowest BCUT2D eigenvalue weighted by Gasteiger charge is -2.06. The highest BCUT2D eigenvalue weighted by Gasteiger charge is 2.34. The molecule has 2 amide bonds. The Morgan fingerprint density at radius 2 is 1.20 bits per heavy atom. The van der Waals surface area contributed by atoms with Gasteiger partial charge in [-0.05, 0) is 31.9 Å². The lowest BCUT2D eigenvalue weighted by atomic mass is 10.1. The Balaban J connectivity index is 2.92. The van der Waals surface area contributed by atoms with E-state index < -0.39 is 11.8 Å². The summed E-state index contributed by atoms with van der Waals surface area (Å²) in [6.07, 6.45) is 0. The fourth-order valence-electron chi connectivity index (χ4n) is 1.29. The molecule has 78 valence electrons. The molecular weight excluding hydrogens is 373 g/mol. The van der Waals surface area contributed by atoms with E-state index in [2.05, 4.69) is 37.2 Å². The molecule has 0 atom stereocenters. The van der Waals surface area contributed by atoms with Gasteiger partial charge in [0.2, 0.25) is 0 Å². The van der Waals surface area contributed by atoms with Gasteiger partial charge in [0.1, 0.15) is 0 Å². The molecule has 0 aromatic heterocycles. The average molecular weight is 374 g/mol. The van der Waals surface area contributed by atoms with Gasteiger partial charge >= 0.3 is 0 Å². The first-order chi connectivity index (χ1) is 6.95. The van der Waals surface area contributed by atoms with Gasteiger partial charge < -0.3 is 0 Å². The minimum Gasteiger partial charge on any atom is -0.288 e. The fraction of sp³-hybridized carbons (Fsp3) is 0. The largest absolute Gasteiger partial charge is 0.288 e. The number of hydrogen-bond acceptors (Lipinski definition) is 2. The first-order valence-electron chi connectivity index (χ1n) is 3.66. The fourth-order valence-corrected chi connectivity index (χ4v) is 3.05. The molecular formula is C8HBr2Cl2NO2. The Morgan fingerprint density at radius 3 is 1.53 bits per heavy atom. The molecule has 0 spiro atoms. The maximum atomic E-state index is 11.4. The molecule has 1 aliphatic heterocycles. The van der Waals surface area contributed by atoms with Gasteiger partial charge in [-0.1, -0.05) is 23.2 Å². The van der Waals surface area contributed by atoms with Crippen LogP contribution < -0.4 is 5.32 Å². The highest BCUT2D eigenvalue weighted by Crippen LogP contribution is 2.43. The molecule has 0 unspecified atom stereocenters. The summed E-state index contributed by atoms with van der Waals surface area (Å²) in [5, 5.41) is 2.57. The third-order valence-electron chi connectivity index (χ3n) is 1.95. The van der Waals surface area contributed by atoms with Gasteiger partial charge in [0.15, 0.2) is 0 Å². The van der Waals surface area contributed by atoms with Crippen molar-refractivity contribution in [1.29, 1.82) is 0 Å². The molecule has 1 N–H and O–H groups in total. The van der Waals surface area contributed by atoms with Gasteiger partial charge in [-0.2, -0.15) is 0 Å². The molecule has 0 fully saturated rings. The van der Waals surface area contributed by atoms with Crippen molar-refractivity contribution < 1.29 is 9.59 Å². The number of halogens is 4. The number of fused-ring (bicyclic) bond motifs is 1. The lowest BCUT2D eigenvalue weighted by molar-refractivity contribution is 0.0879. The van der Waals surface area contributed by atoms with E-state index >= 15 is 0 Å². The summed E-state index contributed by atoms with van der Waals surface area (Å²) in [4.78, 5) is 22.9. The smallest absolute Gasteiger partial charge is 0.260 e. The molecule has 0 aliphatic carbocycles. The molecule has 3 nitrogen and oxygen atoms in total. The summed E-state index contributed by atoms with van der Waals surface area (Å²) >= 11 is 18.0. The molecule has 0 bridgehead atoms. The number of carbonyl (C=O) groups excluding carboxylic acids is 2. The molecule has 2 rings (SSSR count). The van der Waals surface area contributed by atoms with Crippen LogP contribution in [0.2, 0.25) is 10.0 Å². The molecule has 1 aliphatic rings. The number of nitrogens with one attached hydrogen (secondary N) is 1. The van der Waals surface area contributed by atoms with E-state index in [-0.39, 0.29) is 21.2 Å². The highest BCUT2D eigenvalue weighted by atomic mass is 79.9. The summed E-state index contributed by atoms with van der Waals surface area (Å²) in [6.45, 7) is 0. The van der Waals surface area contributed by atoms with E-state index in [0.29, 0.717) is 8.95 Å². The van der Waals surface area contributed by atoms with Crippen molar-refractivity contribution in [3.8, 4) is 0 Å². The zero-order chi connectivity index (χ0) is 11.3. The Kier molecular flexibility index (Phi) is 2.83. The quantitative estimate of drug-likeness (QED) is 0.430. The summed E-state index contributed by atoms with van der Waals surface area (Å²) < 4.78 is 0.659. The third kappa shape index (κ3) is 1.53. The second-order valence-corrected chi connectivity index (χ2v) is 5.13. The minimum absolute atomic E-state index is 0.201. The van der Waals surface area contributed by atoms with E-state index in [1.165, 1.54) is 0 Å². The molecule has 7 heteroatoms. The summed E-state index contributed by atoms with van der Waals surface area (Å²) in [5.74, 6) is -0.970. The van der Waals surface area contributed by atoms with Crippen LogP contribution in [0.3, 0.4) is 0 Å².